The molecule has 0 bridgehead atoms. The number of anilines is 1. The number of aromatic nitrogens is 3. The minimum atomic E-state index is -0.503. The van der Waals surface area contributed by atoms with E-state index in [9.17, 15) is 9.18 Å². The van der Waals surface area contributed by atoms with Gasteiger partial charge in [-0.2, -0.15) is 0 Å². The first-order valence-corrected chi connectivity index (χ1v) is 10.2. The number of nitrogens with one attached hydrogen (secondary N) is 3. The number of hydrogen-bond donors (Lipinski definition) is 3. The highest BCUT2D eigenvalue weighted by Crippen LogP contribution is 2.23. The molecule has 1 fully saturated rings. The Labute approximate surface area is 164 Å². The van der Waals surface area contributed by atoms with Crippen LogP contribution >= 0.6 is 23.6 Å². The summed E-state index contributed by atoms with van der Waals surface area (Å²) in [6, 6.07) is 2.50. The molecule has 9 heteroatoms. The Morgan fingerprint density at radius 2 is 2.19 bits per heavy atom. The first kappa shape index (κ1) is 18.3. The van der Waals surface area contributed by atoms with Crippen molar-refractivity contribution >= 4 is 45.6 Å². The smallest absolute Gasteiger partial charge is 0.259 e. The van der Waals surface area contributed by atoms with Crippen LogP contribution < -0.4 is 5.32 Å². The number of thiazole rings is 1. The molecule has 0 aliphatic carbocycles. The van der Waals surface area contributed by atoms with Gasteiger partial charge < -0.3 is 9.97 Å². The van der Waals surface area contributed by atoms with Gasteiger partial charge in [0.05, 0.1) is 22.3 Å². The van der Waals surface area contributed by atoms with Gasteiger partial charge in [0.15, 0.2) is 9.90 Å². The van der Waals surface area contributed by atoms with E-state index in [0.29, 0.717) is 20.9 Å². The molecule has 0 atom stereocenters. The topological polar surface area (TPSA) is 76.8 Å². The Morgan fingerprint density at radius 1 is 1.41 bits per heavy atom. The van der Waals surface area contributed by atoms with Crippen LogP contribution in [0.1, 0.15) is 35.8 Å². The monoisotopic (exact) mass is 405 g/mol. The molecule has 2 aromatic heterocycles. The molecular formula is C18H20FN5OS2. The quantitative estimate of drug-likeness (QED) is 0.566. The summed E-state index contributed by atoms with van der Waals surface area (Å²) in [5, 5.41) is 5.23. The summed E-state index contributed by atoms with van der Waals surface area (Å²) in [4.78, 5) is 25.3. The van der Waals surface area contributed by atoms with Crippen molar-refractivity contribution < 1.29 is 9.18 Å². The van der Waals surface area contributed by atoms with E-state index in [1.54, 1.807) is 0 Å². The molecule has 1 amide bonds. The second-order valence-electron chi connectivity index (χ2n) is 7.01. The number of fused-ring (bicyclic) bond motifs is 1. The maximum atomic E-state index is 13.8. The molecule has 1 aliphatic rings. The fourth-order valence-electron chi connectivity index (χ4n) is 3.34. The van der Waals surface area contributed by atoms with Crippen LogP contribution in [-0.2, 0) is 6.54 Å². The lowest BCUT2D eigenvalue weighted by Gasteiger charge is -2.29. The molecule has 3 heterocycles. The van der Waals surface area contributed by atoms with Crippen molar-refractivity contribution in [3.8, 4) is 0 Å². The summed E-state index contributed by atoms with van der Waals surface area (Å²) in [6.07, 6.45) is 2.42. The third-order valence-corrected chi connectivity index (χ3v) is 5.88. The number of carbonyl (C=O) groups excluding carboxylic acids is 1. The predicted molar refractivity (Wildman–Crippen MR) is 107 cm³/mol. The maximum absolute atomic E-state index is 13.8. The van der Waals surface area contributed by atoms with Crippen molar-refractivity contribution in [3.63, 3.8) is 0 Å². The number of amides is 1. The van der Waals surface area contributed by atoms with Crippen LogP contribution in [0.3, 0.4) is 0 Å². The molecule has 4 rings (SSSR count). The number of imidazole rings is 1. The zero-order valence-electron chi connectivity index (χ0n) is 14.8. The summed E-state index contributed by atoms with van der Waals surface area (Å²) >= 11 is 6.41. The largest absolute Gasteiger partial charge is 0.331 e. The second kappa shape index (κ2) is 7.49. The van der Waals surface area contributed by atoms with Gasteiger partial charge in [-0.15, -0.1) is 11.3 Å². The van der Waals surface area contributed by atoms with E-state index in [-0.39, 0.29) is 5.56 Å². The number of benzene rings is 1. The third kappa shape index (κ3) is 4.10. The molecule has 1 aromatic carbocycles. The second-order valence-corrected chi connectivity index (χ2v) is 8.28. The van der Waals surface area contributed by atoms with E-state index in [1.807, 2.05) is 5.38 Å². The third-order valence-electron chi connectivity index (χ3n) is 4.87. The minimum Gasteiger partial charge on any atom is -0.331 e. The van der Waals surface area contributed by atoms with Gasteiger partial charge in [0, 0.05) is 11.9 Å². The standard InChI is InChI=1S/C18H20FN5OS2/c1-10-2-4-24(5-3-10)8-12-9-27-18(20-12)23-16(25)13-6-11(19)7-14-15(13)22-17(26)21-14/h6-7,9-10H,2-5,8H2,1H3,(H,20,23,25)(H2,21,22,26). The molecule has 1 aliphatic heterocycles. The van der Waals surface area contributed by atoms with Crippen LogP contribution in [0.2, 0.25) is 0 Å². The number of H-pyrrole nitrogens is 2. The van der Waals surface area contributed by atoms with Gasteiger partial charge in [-0.1, -0.05) is 6.92 Å². The molecule has 0 unspecified atom stereocenters. The van der Waals surface area contributed by atoms with Crippen molar-refractivity contribution in [1.29, 1.82) is 0 Å². The summed E-state index contributed by atoms with van der Waals surface area (Å²) in [5.74, 6) is -0.134. The zero-order valence-corrected chi connectivity index (χ0v) is 16.5. The van der Waals surface area contributed by atoms with Gasteiger partial charge in [0.2, 0.25) is 0 Å². The van der Waals surface area contributed by atoms with Crippen LogP contribution in [0, 0.1) is 16.5 Å². The van der Waals surface area contributed by atoms with Crippen LogP contribution in [-0.4, -0.2) is 38.8 Å². The van der Waals surface area contributed by atoms with Crippen molar-refractivity contribution in [2.24, 2.45) is 5.92 Å². The molecule has 0 spiro atoms. The molecule has 3 N–H and O–H groups in total. The van der Waals surface area contributed by atoms with Gasteiger partial charge in [-0.05, 0) is 56.2 Å². The fraction of sp³-hybridized carbons (Fsp3) is 0.389. The lowest BCUT2D eigenvalue weighted by Crippen LogP contribution is -2.32. The van der Waals surface area contributed by atoms with Crippen molar-refractivity contribution in [2.45, 2.75) is 26.3 Å². The van der Waals surface area contributed by atoms with Gasteiger partial charge in [-0.3, -0.25) is 15.0 Å². The molecular weight excluding hydrogens is 385 g/mol. The first-order valence-electron chi connectivity index (χ1n) is 8.87. The molecule has 1 saturated heterocycles. The average molecular weight is 406 g/mol. The van der Waals surface area contributed by atoms with Crippen LogP contribution in [0.4, 0.5) is 9.52 Å². The fourth-order valence-corrected chi connectivity index (χ4v) is 4.25. The Hall–Kier alpha value is -2.10. The lowest BCUT2D eigenvalue weighted by molar-refractivity contribution is 0.102. The Kier molecular flexibility index (Phi) is 5.07. The highest BCUT2D eigenvalue weighted by atomic mass is 32.1. The summed E-state index contributed by atoms with van der Waals surface area (Å²) in [6.45, 7) is 5.23. The van der Waals surface area contributed by atoms with Crippen molar-refractivity contribution in [2.75, 3.05) is 18.4 Å². The van der Waals surface area contributed by atoms with E-state index >= 15 is 0 Å². The molecule has 6 nitrogen and oxygen atoms in total. The number of carbonyl (C=O) groups is 1. The van der Waals surface area contributed by atoms with E-state index in [2.05, 4.69) is 32.1 Å². The van der Waals surface area contributed by atoms with Gasteiger partial charge >= 0.3 is 0 Å². The number of rotatable bonds is 4. The highest BCUT2D eigenvalue weighted by molar-refractivity contribution is 7.71. The van der Waals surface area contributed by atoms with E-state index in [0.717, 1.165) is 31.2 Å². The van der Waals surface area contributed by atoms with Crippen LogP contribution in [0.25, 0.3) is 11.0 Å². The number of halogens is 1. The normalized spacial score (nSPS) is 16.1. The van der Waals surface area contributed by atoms with Crippen molar-refractivity contribution in [3.05, 3.63) is 39.4 Å². The molecule has 3 aromatic rings. The number of aromatic amines is 2. The van der Waals surface area contributed by atoms with E-state index in [4.69, 9.17) is 12.2 Å². The van der Waals surface area contributed by atoms with Crippen LogP contribution in [0.5, 0.6) is 0 Å². The van der Waals surface area contributed by atoms with Gasteiger partial charge in [0.25, 0.3) is 5.91 Å². The molecule has 27 heavy (non-hydrogen) atoms. The molecule has 0 saturated carbocycles. The zero-order chi connectivity index (χ0) is 19.0. The highest BCUT2D eigenvalue weighted by Gasteiger charge is 2.18. The Morgan fingerprint density at radius 3 is 2.96 bits per heavy atom. The Balaban J connectivity index is 1.48. The van der Waals surface area contributed by atoms with E-state index < -0.39 is 11.7 Å². The van der Waals surface area contributed by atoms with Crippen molar-refractivity contribution in [1.82, 2.24) is 19.9 Å². The number of hydrogen-bond acceptors (Lipinski definition) is 5. The SMILES string of the molecule is CC1CCN(Cc2csc(NC(=O)c3cc(F)cc4[nH]c(=S)[nH]c34)n2)CC1. The average Bonchev–Trinajstić information content (AvgIpc) is 3.21. The Bertz CT molecular complexity index is 1030. The lowest BCUT2D eigenvalue weighted by atomic mass is 9.99. The number of piperidine rings is 1. The van der Waals surface area contributed by atoms with Crippen LogP contribution in [0.15, 0.2) is 17.5 Å². The number of nitrogens with zero attached hydrogens (tertiary/aromatic N) is 2. The summed E-state index contributed by atoms with van der Waals surface area (Å²) in [7, 11) is 0. The predicted octanol–water partition coefficient (Wildman–Crippen LogP) is 4.31. The van der Waals surface area contributed by atoms with E-state index in [1.165, 1.54) is 36.3 Å². The minimum absolute atomic E-state index is 0.194. The van der Waals surface area contributed by atoms with Gasteiger partial charge in [-0.25, -0.2) is 9.37 Å². The summed E-state index contributed by atoms with van der Waals surface area (Å²) in [5.41, 5.74) is 2.08. The van der Waals surface area contributed by atoms with Gasteiger partial charge in [0.1, 0.15) is 5.82 Å². The summed E-state index contributed by atoms with van der Waals surface area (Å²) < 4.78 is 14.2. The first-order chi connectivity index (χ1) is 13.0. The molecule has 142 valence electrons. The maximum Gasteiger partial charge on any atom is 0.259 e. The molecule has 0 radical (unpaired) electrons. The number of likely N-dealkylation sites (tertiary alicyclic amines) is 1.